The van der Waals surface area contributed by atoms with Gasteiger partial charge >= 0.3 is 5.97 Å². The molecule has 1 fully saturated rings. The van der Waals surface area contributed by atoms with Crippen LogP contribution in [0.3, 0.4) is 0 Å². The Hall–Kier alpha value is -2.09. The molecule has 0 atom stereocenters. The van der Waals surface area contributed by atoms with E-state index in [9.17, 15) is 18.3 Å². The van der Waals surface area contributed by atoms with E-state index in [0.29, 0.717) is 12.8 Å². The minimum atomic E-state index is -3.71. The molecule has 1 aromatic carbocycles. The van der Waals surface area contributed by atoms with Crippen LogP contribution in [0, 0.1) is 0 Å². The molecule has 0 saturated heterocycles. The maximum absolute atomic E-state index is 13.0. The second-order valence-corrected chi connectivity index (χ2v) is 7.93. The molecule has 1 aromatic heterocycles. The predicted octanol–water partition coefficient (Wildman–Crippen LogP) is 2.22. The lowest BCUT2D eigenvalue weighted by Gasteiger charge is -2.17. The fraction of sp³-hybridized carbons (Fsp3) is 0.467. The highest BCUT2D eigenvalue weighted by Gasteiger charge is 2.31. The predicted molar refractivity (Wildman–Crippen MR) is 86.9 cm³/mol. The van der Waals surface area contributed by atoms with E-state index in [1.54, 1.807) is 6.07 Å². The van der Waals surface area contributed by atoms with E-state index in [1.807, 2.05) is 0 Å². The number of aromatic nitrogens is 2. The third kappa shape index (κ3) is 2.67. The molecule has 1 heterocycles. The Morgan fingerprint density at radius 2 is 1.87 bits per heavy atom. The molecule has 0 aliphatic heterocycles. The number of imidazole rings is 1. The second kappa shape index (κ2) is 5.84. The van der Waals surface area contributed by atoms with Gasteiger partial charge in [-0.25, -0.2) is 22.2 Å². The first kappa shape index (κ1) is 15.8. The summed E-state index contributed by atoms with van der Waals surface area (Å²) in [5.74, 6) is -1.34. The summed E-state index contributed by atoms with van der Waals surface area (Å²) in [7, 11) is -3.71. The SMILES string of the molecule is Nc1nc2c(C(=O)O)cccc2n1S(=O)(=O)C1CCCCCC1. The molecule has 8 heteroatoms. The van der Waals surface area contributed by atoms with Gasteiger partial charge in [0.15, 0.2) is 0 Å². The normalized spacial score (nSPS) is 17.2. The van der Waals surface area contributed by atoms with Crippen LogP contribution in [0.15, 0.2) is 18.2 Å². The van der Waals surface area contributed by atoms with E-state index in [0.717, 1.165) is 29.7 Å². The number of hydrogen-bond acceptors (Lipinski definition) is 5. The molecule has 0 amide bonds. The Bertz CT molecular complexity index is 849. The lowest BCUT2D eigenvalue weighted by atomic mass is 10.2. The van der Waals surface area contributed by atoms with Crippen LogP contribution < -0.4 is 5.73 Å². The van der Waals surface area contributed by atoms with Crippen molar-refractivity contribution in [1.29, 1.82) is 0 Å². The first-order valence-corrected chi connectivity index (χ1v) is 9.18. The Kier molecular flexibility index (Phi) is 4.01. The molecule has 3 rings (SSSR count). The van der Waals surface area contributed by atoms with Gasteiger partial charge in [-0.3, -0.25) is 0 Å². The number of carbonyl (C=O) groups is 1. The third-order valence-electron chi connectivity index (χ3n) is 4.38. The molecule has 7 nitrogen and oxygen atoms in total. The van der Waals surface area contributed by atoms with E-state index in [1.165, 1.54) is 12.1 Å². The maximum Gasteiger partial charge on any atom is 0.337 e. The molecule has 0 unspecified atom stereocenters. The number of nitrogens with two attached hydrogens (primary N) is 1. The fourth-order valence-corrected chi connectivity index (χ4v) is 5.18. The zero-order valence-corrected chi connectivity index (χ0v) is 13.4. The number of nitrogens with zero attached hydrogens (tertiary/aromatic N) is 2. The topological polar surface area (TPSA) is 115 Å². The number of nitrogen functional groups attached to an aromatic ring is 1. The Balaban J connectivity index is 2.17. The summed E-state index contributed by atoms with van der Waals surface area (Å²) in [6.45, 7) is 0. The molecule has 2 aromatic rings. The fourth-order valence-electron chi connectivity index (χ4n) is 3.22. The zero-order valence-electron chi connectivity index (χ0n) is 12.6. The number of hydrogen-bond donors (Lipinski definition) is 2. The first-order valence-electron chi connectivity index (χ1n) is 7.67. The van der Waals surface area contributed by atoms with Gasteiger partial charge in [0.25, 0.3) is 0 Å². The summed E-state index contributed by atoms with van der Waals surface area (Å²) in [5, 5.41) is 8.73. The highest BCUT2D eigenvalue weighted by molar-refractivity contribution is 7.90. The van der Waals surface area contributed by atoms with Gasteiger partial charge in [0.2, 0.25) is 16.0 Å². The number of aromatic carboxylic acids is 1. The van der Waals surface area contributed by atoms with Gasteiger partial charge in [0.05, 0.1) is 16.3 Å². The largest absolute Gasteiger partial charge is 0.478 e. The molecule has 0 spiro atoms. The van der Waals surface area contributed by atoms with E-state index >= 15 is 0 Å². The van der Waals surface area contributed by atoms with Crippen molar-refractivity contribution in [2.24, 2.45) is 0 Å². The molecular weight excluding hydrogens is 318 g/mol. The van der Waals surface area contributed by atoms with Crippen LogP contribution in [0.2, 0.25) is 0 Å². The number of para-hydroxylation sites is 1. The standard InChI is InChI=1S/C15H19N3O4S/c16-15-17-13-11(14(19)20)8-5-9-12(13)18(15)23(21,22)10-6-3-1-2-4-7-10/h5,8-10H,1-4,6-7H2,(H2,16,17)(H,19,20). The van der Waals surface area contributed by atoms with Crippen molar-refractivity contribution in [1.82, 2.24) is 8.96 Å². The van der Waals surface area contributed by atoms with E-state index in [-0.39, 0.29) is 22.5 Å². The highest BCUT2D eigenvalue weighted by atomic mass is 32.2. The van der Waals surface area contributed by atoms with Crippen molar-refractivity contribution in [3.63, 3.8) is 0 Å². The summed E-state index contributed by atoms with van der Waals surface area (Å²) in [5.41, 5.74) is 6.12. The van der Waals surface area contributed by atoms with Crippen molar-refractivity contribution in [2.75, 3.05) is 5.73 Å². The van der Waals surface area contributed by atoms with Crippen molar-refractivity contribution in [3.05, 3.63) is 23.8 Å². The molecule has 124 valence electrons. The Morgan fingerprint density at radius 3 is 2.48 bits per heavy atom. The van der Waals surface area contributed by atoms with E-state index in [4.69, 9.17) is 5.73 Å². The average Bonchev–Trinajstić information content (AvgIpc) is 2.68. The van der Waals surface area contributed by atoms with Crippen LogP contribution in [0.5, 0.6) is 0 Å². The van der Waals surface area contributed by atoms with Crippen molar-refractivity contribution >= 4 is 33.0 Å². The van der Waals surface area contributed by atoms with Crippen molar-refractivity contribution in [2.45, 2.75) is 43.8 Å². The van der Waals surface area contributed by atoms with Crippen LogP contribution in [0.1, 0.15) is 48.9 Å². The van der Waals surface area contributed by atoms with Gasteiger partial charge in [-0.15, -0.1) is 0 Å². The lowest BCUT2D eigenvalue weighted by molar-refractivity contribution is 0.0699. The molecule has 1 saturated carbocycles. The van der Waals surface area contributed by atoms with Crippen molar-refractivity contribution in [3.8, 4) is 0 Å². The molecule has 1 aliphatic rings. The quantitative estimate of drug-likeness (QED) is 0.830. The molecule has 23 heavy (non-hydrogen) atoms. The van der Waals surface area contributed by atoms with E-state index < -0.39 is 21.2 Å². The number of anilines is 1. The Morgan fingerprint density at radius 1 is 1.22 bits per heavy atom. The van der Waals surface area contributed by atoms with Crippen LogP contribution >= 0.6 is 0 Å². The first-order chi connectivity index (χ1) is 10.9. The maximum atomic E-state index is 13.0. The van der Waals surface area contributed by atoms with Crippen LogP contribution in [0.25, 0.3) is 11.0 Å². The monoisotopic (exact) mass is 337 g/mol. The lowest BCUT2D eigenvalue weighted by Crippen LogP contribution is -2.28. The summed E-state index contributed by atoms with van der Waals surface area (Å²) >= 11 is 0. The number of carboxylic acid groups (broad SMARTS) is 1. The third-order valence-corrected chi connectivity index (χ3v) is 6.58. The minimum Gasteiger partial charge on any atom is -0.478 e. The molecule has 0 radical (unpaired) electrons. The van der Waals surface area contributed by atoms with Gasteiger partial charge in [-0.2, -0.15) is 0 Å². The zero-order chi connectivity index (χ0) is 16.6. The number of fused-ring (bicyclic) bond motifs is 1. The van der Waals surface area contributed by atoms with Crippen LogP contribution in [-0.4, -0.2) is 33.7 Å². The Labute approximate surface area is 134 Å². The smallest absolute Gasteiger partial charge is 0.337 e. The van der Waals surface area contributed by atoms with E-state index in [2.05, 4.69) is 4.98 Å². The van der Waals surface area contributed by atoms with Gasteiger partial charge in [-0.05, 0) is 25.0 Å². The molecule has 0 bridgehead atoms. The van der Waals surface area contributed by atoms with Gasteiger partial charge in [0, 0.05) is 0 Å². The van der Waals surface area contributed by atoms with Gasteiger partial charge < -0.3 is 10.8 Å². The van der Waals surface area contributed by atoms with Gasteiger partial charge in [-0.1, -0.05) is 31.7 Å². The van der Waals surface area contributed by atoms with Crippen molar-refractivity contribution < 1.29 is 18.3 Å². The summed E-state index contributed by atoms with van der Waals surface area (Å²) in [6.07, 6.45) is 5.01. The van der Waals surface area contributed by atoms with Crippen LogP contribution in [0.4, 0.5) is 5.95 Å². The minimum absolute atomic E-state index is 0.0518. The molecule has 3 N–H and O–H groups in total. The van der Waals surface area contributed by atoms with Crippen LogP contribution in [-0.2, 0) is 10.0 Å². The highest BCUT2D eigenvalue weighted by Crippen LogP contribution is 2.30. The molecule has 1 aliphatic carbocycles. The summed E-state index contributed by atoms with van der Waals surface area (Å²) in [6, 6.07) is 4.44. The second-order valence-electron chi connectivity index (χ2n) is 5.87. The average molecular weight is 337 g/mol. The summed E-state index contributed by atoms with van der Waals surface area (Å²) < 4.78 is 27.0. The number of benzene rings is 1. The number of carboxylic acids is 1. The van der Waals surface area contributed by atoms with Gasteiger partial charge in [0.1, 0.15) is 5.52 Å². The summed E-state index contributed by atoms with van der Waals surface area (Å²) in [4.78, 5) is 15.3. The number of rotatable bonds is 3. The molecular formula is C15H19N3O4S.